The molecule has 0 bridgehead atoms. The van der Waals surface area contributed by atoms with E-state index in [-0.39, 0.29) is 11.5 Å². The minimum atomic E-state index is -4.47. The van der Waals surface area contributed by atoms with Gasteiger partial charge in [-0.25, -0.2) is 4.79 Å². The van der Waals surface area contributed by atoms with Gasteiger partial charge in [0.2, 0.25) is 5.88 Å². The Bertz CT molecular complexity index is 710. The molecule has 1 aliphatic heterocycles. The molecule has 1 aromatic carbocycles. The van der Waals surface area contributed by atoms with E-state index in [1.807, 2.05) is 0 Å². The van der Waals surface area contributed by atoms with Gasteiger partial charge in [0, 0.05) is 18.2 Å². The quantitative estimate of drug-likeness (QED) is 0.764. The third-order valence-corrected chi connectivity index (χ3v) is 4.61. The number of carbonyl (C=O) groups is 1. The van der Waals surface area contributed by atoms with Crippen LogP contribution in [0.5, 0.6) is 0 Å². The fourth-order valence-electron chi connectivity index (χ4n) is 3.29. The van der Waals surface area contributed by atoms with Gasteiger partial charge in [0.15, 0.2) is 0 Å². The first-order valence-electron chi connectivity index (χ1n) is 8.58. The van der Waals surface area contributed by atoms with Crippen LogP contribution in [0.3, 0.4) is 0 Å². The molecule has 4 nitrogen and oxygen atoms in total. The maximum atomic E-state index is 13.2. The summed E-state index contributed by atoms with van der Waals surface area (Å²) in [5, 5.41) is 9.61. The second kappa shape index (κ2) is 7.60. The summed E-state index contributed by atoms with van der Waals surface area (Å²) in [5.41, 5.74) is 0.217. The third-order valence-electron chi connectivity index (χ3n) is 4.61. The summed E-state index contributed by atoms with van der Waals surface area (Å²) in [4.78, 5) is 13.3. The predicted octanol–water partition coefficient (Wildman–Crippen LogP) is 5.01. The van der Waals surface area contributed by atoms with Gasteiger partial charge in [0.1, 0.15) is 5.57 Å². The molecule has 1 aromatic rings. The van der Waals surface area contributed by atoms with Gasteiger partial charge in [-0.3, -0.25) is 0 Å². The van der Waals surface area contributed by atoms with Crippen molar-refractivity contribution in [3.63, 3.8) is 0 Å². The Morgan fingerprint density at radius 3 is 2.50 bits per heavy atom. The first-order chi connectivity index (χ1) is 12.1. The van der Waals surface area contributed by atoms with Crippen LogP contribution in [0.1, 0.15) is 50.7 Å². The molecule has 1 unspecified atom stereocenters. The van der Waals surface area contributed by atoms with Gasteiger partial charge < -0.3 is 14.7 Å². The molecule has 1 N–H and O–H groups in total. The Labute approximate surface area is 151 Å². The van der Waals surface area contributed by atoms with Crippen LogP contribution in [0.2, 0.25) is 0 Å². The number of anilines is 1. The maximum Gasteiger partial charge on any atom is 0.416 e. The van der Waals surface area contributed by atoms with Crippen molar-refractivity contribution in [3.8, 4) is 0 Å². The smallest absolute Gasteiger partial charge is 0.416 e. The zero-order valence-corrected chi connectivity index (χ0v) is 15.4. The number of methoxy groups -OCH3 is 1. The lowest BCUT2D eigenvalue weighted by atomic mass is 9.87. The second-order valence-electron chi connectivity index (χ2n) is 6.91. The zero-order valence-electron chi connectivity index (χ0n) is 15.4. The Hall–Kier alpha value is -2.18. The molecule has 0 saturated carbocycles. The van der Waals surface area contributed by atoms with Gasteiger partial charge in [-0.05, 0) is 36.5 Å². The second-order valence-corrected chi connectivity index (χ2v) is 6.91. The number of fused-ring (bicyclic) bond motifs is 1. The molecule has 0 aliphatic carbocycles. The Kier molecular flexibility index (Phi) is 5.88. The minimum Gasteiger partial charge on any atom is -0.482 e. The van der Waals surface area contributed by atoms with Gasteiger partial charge in [-0.2, -0.15) is 13.2 Å². The number of halogens is 3. The number of ether oxygens (including phenoxy) is 1. The number of hydrogen-bond donors (Lipinski definition) is 1. The van der Waals surface area contributed by atoms with E-state index in [9.17, 15) is 23.1 Å². The summed E-state index contributed by atoms with van der Waals surface area (Å²) >= 11 is 0. The zero-order chi connectivity index (χ0) is 19.6. The SMILES string of the molecule is COC1=C(C(=O)O)C(C)c2ccc(C(F)(F)F)cc2N1CCCC(C)C. The summed E-state index contributed by atoms with van der Waals surface area (Å²) in [5.74, 6) is -1.15. The highest BCUT2D eigenvalue weighted by atomic mass is 19.4. The highest BCUT2D eigenvalue weighted by Gasteiger charge is 2.38. The Morgan fingerprint density at radius 1 is 1.35 bits per heavy atom. The van der Waals surface area contributed by atoms with E-state index in [4.69, 9.17) is 4.74 Å². The number of benzene rings is 1. The molecule has 0 aromatic heterocycles. The highest BCUT2D eigenvalue weighted by molar-refractivity contribution is 5.92. The molecule has 0 saturated heterocycles. The number of rotatable bonds is 6. The van der Waals surface area contributed by atoms with Crippen LogP contribution in [-0.4, -0.2) is 24.7 Å². The first kappa shape index (κ1) is 20.1. The van der Waals surface area contributed by atoms with Crippen molar-refractivity contribution in [2.45, 2.75) is 45.7 Å². The number of carboxylic acids is 1. The van der Waals surface area contributed by atoms with Crippen molar-refractivity contribution in [2.24, 2.45) is 5.92 Å². The van der Waals surface area contributed by atoms with Gasteiger partial charge in [-0.15, -0.1) is 0 Å². The third kappa shape index (κ3) is 3.97. The summed E-state index contributed by atoms with van der Waals surface area (Å²) in [6, 6.07) is 3.45. The molecule has 144 valence electrons. The molecule has 1 atom stereocenters. The van der Waals surface area contributed by atoms with E-state index in [0.29, 0.717) is 30.1 Å². The molecule has 0 radical (unpaired) electrons. The van der Waals surface area contributed by atoms with Gasteiger partial charge >= 0.3 is 12.1 Å². The minimum absolute atomic E-state index is 0.0595. The molecular formula is C19H24F3NO3. The standard InChI is InChI=1S/C19H24F3NO3/c1-11(2)6-5-9-23-15-10-13(19(20,21)22)7-8-14(15)12(3)16(18(24)25)17(23)26-4/h7-8,10-12H,5-6,9H2,1-4H3,(H,24,25). The summed E-state index contributed by atoms with van der Waals surface area (Å²) < 4.78 is 44.8. The fraction of sp³-hybridized carbons (Fsp3) is 0.526. The fourth-order valence-corrected chi connectivity index (χ4v) is 3.29. The lowest BCUT2D eigenvalue weighted by Crippen LogP contribution is -2.34. The van der Waals surface area contributed by atoms with E-state index in [1.54, 1.807) is 11.8 Å². The average Bonchev–Trinajstić information content (AvgIpc) is 2.54. The molecule has 0 amide bonds. The van der Waals surface area contributed by atoms with Crippen LogP contribution in [0.25, 0.3) is 0 Å². The Morgan fingerprint density at radius 2 is 2.00 bits per heavy atom. The van der Waals surface area contributed by atoms with E-state index in [1.165, 1.54) is 13.2 Å². The van der Waals surface area contributed by atoms with Crippen LogP contribution in [0.15, 0.2) is 29.7 Å². The molecule has 2 rings (SSSR count). The number of alkyl halides is 3. The lowest BCUT2D eigenvalue weighted by molar-refractivity contribution is -0.137. The van der Waals surface area contributed by atoms with E-state index >= 15 is 0 Å². The molecule has 7 heteroatoms. The van der Waals surface area contributed by atoms with Crippen LogP contribution in [-0.2, 0) is 15.7 Å². The van der Waals surface area contributed by atoms with Gasteiger partial charge in [0.25, 0.3) is 0 Å². The molecule has 26 heavy (non-hydrogen) atoms. The van der Waals surface area contributed by atoms with Crippen molar-refractivity contribution >= 4 is 11.7 Å². The summed E-state index contributed by atoms with van der Waals surface area (Å²) in [6.45, 7) is 6.17. The average molecular weight is 371 g/mol. The number of aliphatic carboxylic acids is 1. The van der Waals surface area contributed by atoms with Crippen molar-refractivity contribution in [3.05, 3.63) is 40.8 Å². The van der Waals surface area contributed by atoms with Crippen molar-refractivity contribution in [2.75, 3.05) is 18.6 Å². The number of carboxylic acid groups (broad SMARTS) is 1. The highest BCUT2D eigenvalue weighted by Crippen LogP contribution is 2.44. The largest absolute Gasteiger partial charge is 0.482 e. The maximum absolute atomic E-state index is 13.2. The van der Waals surface area contributed by atoms with Gasteiger partial charge in [0.05, 0.1) is 12.7 Å². The normalized spacial score (nSPS) is 17.5. The molecule has 1 heterocycles. The van der Waals surface area contributed by atoms with E-state index in [2.05, 4.69) is 13.8 Å². The molecular weight excluding hydrogens is 347 g/mol. The summed E-state index contributed by atoms with van der Waals surface area (Å²) in [7, 11) is 1.35. The van der Waals surface area contributed by atoms with E-state index < -0.39 is 23.6 Å². The van der Waals surface area contributed by atoms with Crippen molar-refractivity contribution < 1.29 is 27.8 Å². The summed E-state index contributed by atoms with van der Waals surface area (Å²) in [6.07, 6.45) is -2.88. The van der Waals surface area contributed by atoms with Crippen LogP contribution in [0, 0.1) is 5.92 Å². The predicted molar refractivity (Wildman–Crippen MR) is 92.9 cm³/mol. The lowest BCUT2D eigenvalue weighted by Gasteiger charge is -2.36. The topological polar surface area (TPSA) is 49.8 Å². The Balaban J connectivity index is 2.56. The molecule has 0 spiro atoms. The number of hydrogen-bond acceptors (Lipinski definition) is 3. The van der Waals surface area contributed by atoms with Crippen LogP contribution < -0.4 is 4.90 Å². The van der Waals surface area contributed by atoms with E-state index in [0.717, 1.165) is 18.6 Å². The number of nitrogens with zero attached hydrogens (tertiary/aromatic N) is 1. The van der Waals surface area contributed by atoms with Gasteiger partial charge in [-0.1, -0.05) is 26.8 Å². The monoisotopic (exact) mass is 371 g/mol. The van der Waals surface area contributed by atoms with Crippen molar-refractivity contribution in [1.29, 1.82) is 0 Å². The molecule has 0 fully saturated rings. The van der Waals surface area contributed by atoms with Crippen molar-refractivity contribution in [1.82, 2.24) is 0 Å². The van der Waals surface area contributed by atoms with Crippen LogP contribution in [0.4, 0.5) is 18.9 Å². The first-order valence-corrected chi connectivity index (χ1v) is 8.58. The molecule has 1 aliphatic rings. The van der Waals surface area contributed by atoms with Crippen LogP contribution >= 0.6 is 0 Å².